The maximum absolute atomic E-state index is 13.1. The summed E-state index contributed by atoms with van der Waals surface area (Å²) in [6, 6.07) is 10.7. The number of aromatic nitrogens is 2. The number of hydrogen-bond acceptors (Lipinski definition) is 5. The molecule has 3 aromatic rings. The Morgan fingerprint density at radius 3 is 2.40 bits per heavy atom. The highest BCUT2D eigenvalue weighted by atomic mass is 19.4. The van der Waals surface area contributed by atoms with Crippen molar-refractivity contribution in [3.05, 3.63) is 86.8 Å². The summed E-state index contributed by atoms with van der Waals surface area (Å²) in [6.07, 6.45) is -5.56. The van der Waals surface area contributed by atoms with Crippen molar-refractivity contribution in [1.82, 2.24) is 20.6 Å². The number of hydrazine groups is 1. The quantitative estimate of drug-likeness (QED) is 0.536. The molecule has 0 radical (unpaired) electrons. The number of carbonyl (C=O) groups excluding carboxylic acids is 2. The van der Waals surface area contributed by atoms with Gasteiger partial charge >= 0.3 is 6.18 Å². The minimum Gasteiger partial charge on any atom is -0.481 e. The van der Waals surface area contributed by atoms with Gasteiger partial charge in [-0.1, -0.05) is 18.2 Å². The van der Waals surface area contributed by atoms with Crippen LogP contribution in [0.5, 0.6) is 5.75 Å². The molecule has 1 aromatic heterocycles. The van der Waals surface area contributed by atoms with E-state index < -0.39 is 40.8 Å². The standard InChI is InChI=1S/C24H23F3N4O4/c1-13-7-5-10-20(15(13)3)35-16(4)22(33)28-29-23(34)21-19(32)11-14(2)31(30-21)18-9-6-8-17(12-18)24(25,26)27/h5-12,16H,1-4H3,(H,28,33)(H,29,34). The van der Waals surface area contributed by atoms with Crippen LogP contribution in [0.2, 0.25) is 0 Å². The lowest BCUT2D eigenvalue weighted by atomic mass is 10.1. The van der Waals surface area contributed by atoms with Gasteiger partial charge in [-0.3, -0.25) is 25.2 Å². The average Bonchev–Trinajstić information content (AvgIpc) is 2.79. The van der Waals surface area contributed by atoms with Crippen molar-refractivity contribution >= 4 is 11.8 Å². The molecule has 35 heavy (non-hydrogen) atoms. The normalized spacial score (nSPS) is 12.1. The number of nitrogens with zero attached hydrogens (tertiary/aromatic N) is 2. The van der Waals surface area contributed by atoms with Crippen LogP contribution in [0.4, 0.5) is 13.2 Å². The van der Waals surface area contributed by atoms with E-state index in [9.17, 15) is 27.6 Å². The van der Waals surface area contributed by atoms with E-state index in [-0.39, 0.29) is 11.4 Å². The summed E-state index contributed by atoms with van der Waals surface area (Å²) < 4.78 is 45.9. The molecule has 3 rings (SSSR count). The Hall–Kier alpha value is -4.15. The summed E-state index contributed by atoms with van der Waals surface area (Å²) >= 11 is 0. The molecule has 1 atom stereocenters. The summed E-state index contributed by atoms with van der Waals surface area (Å²) in [5.74, 6) is -1.23. The van der Waals surface area contributed by atoms with Gasteiger partial charge < -0.3 is 4.74 Å². The van der Waals surface area contributed by atoms with E-state index in [0.717, 1.165) is 34.0 Å². The molecular weight excluding hydrogens is 465 g/mol. The predicted octanol–water partition coefficient (Wildman–Crippen LogP) is 3.41. The van der Waals surface area contributed by atoms with E-state index in [4.69, 9.17) is 4.74 Å². The molecule has 8 nitrogen and oxygen atoms in total. The molecule has 2 amide bonds. The molecule has 2 aromatic carbocycles. The largest absolute Gasteiger partial charge is 0.481 e. The number of aryl methyl sites for hydroxylation is 2. The molecule has 1 heterocycles. The third kappa shape index (κ3) is 5.86. The highest BCUT2D eigenvalue weighted by Gasteiger charge is 2.30. The fourth-order valence-electron chi connectivity index (χ4n) is 3.16. The SMILES string of the molecule is Cc1cccc(OC(C)C(=O)NNC(=O)c2nn(-c3cccc(C(F)(F)F)c3)c(C)cc2=O)c1C. The van der Waals surface area contributed by atoms with Crippen molar-refractivity contribution in [2.75, 3.05) is 0 Å². The van der Waals surface area contributed by atoms with Crippen LogP contribution < -0.4 is 21.0 Å². The van der Waals surface area contributed by atoms with E-state index in [2.05, 4.69) is 16.0 Å². The maximum Gasteiger partial charge on any atom is 0.416 e. The highest BCUT2D eigenvalue weighted by Crippen LogP contribution is 2.30. The summed E-state index contributed by atoms with van der Waals surface area (Å²) in [7, 11) is 0. The smallest absolute Gasteiger partial charge is 0.416 e. The Bertz CT molecular complexity index is 1340. The van der Waals surface area contributed by atoms with Crippen LogP contribution >= 0.6 is 0 Å². The second-order valence-corrected chi connectivity index (χ2v) is 7.86. The number of alkyl halides is 3. The number of benzene rings is 2. The van der Waals surface area contributed by atoms with Crippen molar-refractivity contribution in [3.63, 3.8) is 0 Å². The van der Waals surface area contributed by atoms with E-state index in [1.165, 1.54) is 26.0 Å². The van der Waals surface area contributed by atoms with Gasteiger partial charge in [-0.15, -0.1) is 0 Å². The summed E-state index contributed by atoms with van der Waals surface area (Å²) in [4.78, 5) is 37.3. The van der Waals surface area contributed by atoms with Gasteiger partial charge in [0.2, 0.25) is 5.43 Å². The lowest BCUT2D eigenvalue weighted by Gasteiger charge is -2.17. The van der Waals surface area contributed by atoms with Crippen LogP contribution in [0.3, 0.4) is 0 Å². The second kappa shape index (κ2) is 10.00. The zero-order valence-corrected chi connectivity index (χ0v) is 19.4. The second-order valence-electron chi connectivity index (χ2n) is 7.86. The number of nitrogens with one attached hydrogen (secondary N) is 2. The van der Waals surface area contributed by atoms with Crippen molar-refractivity contribution in [1.29, 1.82) is 0 Å². The minimum absolute atomic E-state index is 0.00552. The van der Waals surface area contributed by atoms with Gasteiger partial charge in [0.05, 0.1) is 11.3 Å². The van der Waals surface area contributed by atoms with Crippen LogP contribution in [0.25, 0.3) is 5.69 Å². The predicted molar refractivity (Wildman–Crippen MR) is 121 cm³/mol. The van der Waals surface area contributed by atoms with E-state index in [1.54, 1.807) is 12.1 Å². The van der Waals surface area contributed by atoms with Gasteiger partial charge in [0, 0.05) is 11.8 Å². The summed E-state index contributed by atoms with van der Waals surface area (Å²) in [5, 5.41) is 3.92. The Labute approximate surface area is 198 Å². The molecule has 0 spiro atoms. The molecule has 184 valence electrons. The van der Waals surface area contributed by atoms with Crippen LogP contribution in [0.15, 0.2) is 53.3 Å². The van der Waals surface area contributed by atoms with Crippen LogP contribution in [0.1, 0.15) is 39.8 Å². The molecule has 0 aliphatic rings. The third-order valence-electron chi connectivity index (χ3n) is 5.27. The zero-order chi connectivity index (χ0) is 25.9. The van der Waals surface area contributed by atoms with Crippen LogP contribution in [-0.4, -0.2) is 27.7 Å². The van der Waals surface area contributed by atoms with E-state index in [1.807, 2.05) is 19.9 Å². The van der Waals surface area contributed by atoms with Crippen molar-refractivity contribution < 1.29 is 27.5 Å². The average molecular weight is 488 g/mol. The minimum atomic E-state index is -4.58. The number of hydrogen-bond donors (Lipinski definition) is 2. The zero-order valence-electron chi connectivity index (χ0n) is 19.4. The molecular formula is C24H23F3N4O4. The maximum atomic E-state index is 13.1. The van der Waals surface area contributed by atoms with Gasteiger partial charge in [-0.2, -0.15) is 18.3 Å². The van der Waals surface area contributed by atoms with Crippen molar-refractivity contribution in [2.24, 2.45) is 0 Å². The van der Waals surface area contributed by atoms with Crippen LogP contribution in [0, 0.1) is 20.8 Å². The molecule has 0 saturated heterocycles. The van der Waals surface area contributed by atoms with Crippen molar-refractivity contribution in [3.8, 4) is 11.4 Å². The monoisotopic (exact) mass is 488 g/mol. The fourth-order valence-corrected chi connectivity index (χ4v) is 3.16. The molecule has 0 aliphatic carbocycles. The topological polar surface area (TPSA) is 102 Å². The van der Waals surface area contributed by atoms with Gasteiger partial charge in [0.1, 0.15) is 5.75 Å². The lowest BCUT2D eigenvalue weighted by Crippen LogP contribution is -2.48. The molecule has 1 unspecified atom stereocenters. The molecule has 11 heteroatoms. The number of carbonyl (C=O) groups is 2. The Morgan fingerprint density at radius 2 is 1.71 bits per heavy atom. The fraction of sp³-hybridized carbons (Fsp3) is 0.250. The number of rotatable bonds is 5. The van der Waals surface area contributed by atoms with Gasteiger partial charge in [-0.25, -0.2) is 4.68 Å². The first-order valence-corrected chi connectivity index (χ1v) is 10.5. The van der Waals surface area contributed by atoms with Gasteiger partial charge in [0.25, 0.3) is 11.8 Å². The first-order valence-electron chi connectivity index (χ1n) is 10.5. The third-order valence-corrected chi connectivity index (χ3v) is 5.27. The molecule has 2 N–H and O–H groups in total. The summed E-state index contributed by atoms with van der Waals surface area (Å²) in [5.41, 5.74) is 4.02. The molecule has 0 bridgehead atoms. The van der Waals surface area contributed by atoms with Gasteiger partial charge in [-0.05, 0) is 63.1 Å². The Balaban J connectivity index is 1.76. The molecule has 0 saturated carbocycles. The first kappa shape index (κ1) is 25.5. The van der Waals surface area contributed by atoms with Crippen LogP contribution in [-0.2, 0) is 11.0 Å². The number of ether oxygens (including phenoxy) is 1. The summed E-state index contributed by atoms with van der Waals surface area (Å²) in [6.45, 7) is 6.68. The highest BCUT2D eigenvalue weighted by molar-refractivity contribution is 5.94. The van der Waals surface area contributed by atoms with E-state index in [0.29, 0.717) is 5.75 Å². The number of halogens is 3. The Kier molecular flexibility index (Phi) is 7.28. The Morgan fingerprint density at radius 1 is 1.03 bits per heavy atom. The van der Waals surface area contributed by atoms with Gasteiger partial charge in [0.15, 0.2) is 11.8 Å². The number of amides is 2. The van der Waals surface area contributed by atoms with E-state index >= 15 is 0 Å². The molecule has 0 aliphatic heterocycles. The first-order chi connectivity index (χ1) is 16.4. The molecule has 0 fully saturated rings. The van der Waals surface area contributed by atoms with Crippen molar-refractivity contribution in [2.45, 2.75) is 40.0 Å². The lowest BCUT2D eigenvalue weighted by molar-refractivity contribution is -0.137.